The maximum absolute atomic E-state index is 4.06. The van der Waals surface area contributed by atoms with Crippen LogP contribution in [0.15, 0.2) is 12.1 Å². The van der Waals surface area contributed by atoms with Gasteiger partial charge in [0.15, 0.2) is 0 Å². The third-order valence-electron chi connectivity index (χ3n) is 2.53. The molecule has 2 rings (SSSR count). The zero-order valence-corrected chi connectivity index (χ0v) is 9.68. The first-order valence-electron chi connectivity index (χ1n) is 5.09. The zero-order chi connectivity index (χ0) is 9.80. The minimum atomic E-state index is 0. The van der Waals surface area contributed by atoms with Crippen molar-refractivity contribution in [2.75, 3.05) is 25.0 Å². The zero-order valence-electron chi connectivity index (χ0n) is 8.86. The van der Waals surface area contributed by atoms with Crippen LogP contribution in [0.3, 0.4) is 0 Å². The molecule has 1 aliphatic heterocycles. The molecule has 5 heteroatoms. The van der Waals surface area contributed by atoms with Crippen LogP contribution in [0.5, 0.6) is 0 Å². The van der Waals surface area contributed by atoms with Crippen LogP contribution in [0.25, 0.3) is 0 Å². The lowest BCUT2D eigenvalue weighted by Gasteiger charge is -2.09. The summed E-state index contributed by atoms with van der Waals surface area (Å²) in [6.07, 6.45) is 1.26. The summed E-state index contributed by atoms with van der Waals surface area (Å²) in [5, 5.41) is 14.7. The molecule has 0 spiro atoms. The fraction of sp³-hybridized carbons (Fsp3) is 0.600. The first kappa shape index (κ1) is 12.2. The number of aryl methyl sites for hydroxylation is 1. The average molecular weight is 229 g/mol. The second-order valence-corrected chi connectivity index (χ2v) is 3.80. The van der Waals surface area contributed by atoms with E-state index in [0.29, 0.717) is 0 Å². The highest BCUT2D eigenvalue weighted by molar-refractivity contribution is 5.85. The third kappa shape index (κ3) is 3.64. The molecule has 2 N–H and O–H groups in total. The van der Waals surface area contributed by atoms with Gasteiger partial charge >= 0.3 is 0 Å². The van der Waals surface area contributed by atoms with Crippen LogP contribution < -0.4 is 10.6 Å². The Balaban J connectivity index is 0.00000112. The van der Waals surface area contributed by atoms with Crippen molar-refractivity contribution < 1.29 is 0 Å². The van der Waals surface area contributed by atoms with Gasteiger partial charge in [0.2, 0.25) is 0 Å². The number of hydrogen-bond acceptors (Lipinski definition) is 4. The molecule has 1 fully saturated rings. The average Bonchev–Trinajstić information content (AvgIpc) is 2.70. The van der Waals surface area contributed by atoms with E-state index in [-0.39, 0.29) is 12.4 Å². The summed E-state index contributed by atoms with van der Waals surface area (Å²) in [5.41, 5.74) is 0.957. The molecule has 2 heterocycles. The predicted octanol–water partition coefficient (Wildman–Crippen LogP) is 1.23. The summed E-state index contributed by atoms with van der Waals surface area (Å²) in [6.45, 7) is 5.20. The Labute approximate surface area is 96.3 Å². The minimum Gasteiger partial charge on any atom is -0.368 e. The van der Waals surface area contributed by atoms with Crippen LogP contribution in [0.1, 0.15) is 12.1 Å². The number of nitrogens with zero attached hydrogens (tertiary/aromatic N) is 2. The fourth-order valence-corrected chi connectivity index (χ4v) is 1.63. The van der Waals surface area contributed by atoms with Crippen molar-refractivity contribution in [3.05, 3.63) is 17.8 Å². The van der Waals surface area contributed by atoms with Crippen molar-refractivity contribution in [3.63, 3.8) is 0 Å². The molecule has 1 atom stereocenters. The third-order valence-corrected chi connectivity index (χ3v) is 2.53. The monoisotopic (exact) mass is 228 g/mol. The van der Waals surface area contributed by atoms with Crippen LogP contribution in [0, 0.1) is 12.8 Å². The first-order chi connectivity index (χ1) is 6.84. The predicted molar refractivity (Wildman–Crippen MR) is 63.5 cm³/mol. The van der Waals surface area contributed by atoms with Gasteiger partial charge in [-0.15, -0.1) is 17.5 Å². The molecule has 0 bridgehead atoms. The molecule has 0 saturated carbocycles. The van der Waals surface area contributed by atoms with Crippen molar-refractivity contribution >= 4 is 18.2 Å². The molecule has 15 heavy (non-hydrogen) atoms. The summed E-state index contributed by atoms with van der Waals surface area (Å²) in [7, 11) is 0. The largest absolute Gasteiger partial charge is 0.368 e. The van der Waals surface area contributed by atoms with Crippen LogP contribution in [-0.4, -0.2) is 29.8 Å². The lowest BCUT2D eigenvalue weighted by molar-refractivity contribution is 0.613. The van der Waals surface area contributed by atoms with Gasteiger partial charge in [-0.1, -0.05) is 0 Å². The molecule has 4 nitrogen and oxygen atoms in total. The van der Waals surface area contributed by atoms with Gasteiger partial charge in [0, 0.05) is 6.54 Å². The molecule has 1 aromatic rings. The maximum atomic E-state index is 4.06. The van der Waals surface area contributed by atoms with Gasteiger partial charge in [-0.05, 0) is 44.5 Å². The number of halogens is 1. The summed E-state index contributed by atoms with van der Waals surface area (Å²) in [5.74, 6) is 1.61. The molecule has 0 aromatic carbocycles. The number of nitrogens with one attached hydrogen (secondary N) is 2. The molecule has 1 aromatic heterocycles. The summed E-state index contributed by atoms with van der Waals surface area (Å²) >= 11 is 0. The molecule has 1 unspecified atom stereocenters. The quantitative estimate of drug-likeness (QED) is 0.817. The van der Waals surface area contributed by atoms with E-state index in [2.05, 4.69) is 20.8 Å². The van der Waals surface area contributed by atoms with E-state index < -0.39 is 0 Å². The smallest absolute Gasteiger partial charge is 0.148 e. The highest BCUT2D eigenvalue weighted by Gasteiger charge is 2.13. The number of hydrogen-bond donors (Lipinski definition) is 2. The Hall–Kier alpha value is -0.870. The molecular weight excluding hydrogens is 212 g/mol. The molecule has 0 aliphatic carbocycles. The van der Waals surface area contributed by atoms with E-state index in [9.17, 15) is 0 Å². The molecule has 0 amide bonds. The minimum absolute atomic E-state index is 0. The van der Waals surface area contributed by atoms with Gasteiger partial charge in [-0.3, -0.25) is 0 Å². The highest BCUT2D eigenvalue weighted by atomic mass is 35.5. The van der Waals surface area contributed by atoms with E-state index >= 15 is 0 Å². The number of rotatable bonds is 3. The van der Waals surface area contributed by atoms with E-state index in [1.165, 1.54) is 6.42 Å². The molecule has 0 radical (unpaired) electrons. The topological polar surface area (TPSA) is 49.8 Å². The summed E-state index contributed by atoms with van der Waals surface area (Å²) in [4.78, 5) is 0. The standard InChI is InChI=1S/C10H16N4.ClH/c1-8-2-3-10(14-13-8)12-7-9-4-5-11-6-9;/h2-3,9,11H,4-7H2,1H3,(H,12,14);1H. The Morgan fingerprint density at radius 2 is 2.33 bits per heavy atom. The SMILES string of the molecule is Cc1ccc(NCC2CCNC2)nn1.Cl. The van der Waals surface area contributed by atoms with Crippen LogP contribution in [0.2, 0.25) is 0 Å². The second kappa shape index (κ2) is 5.88. The maximum Gasteiger partial charge on any atom is 0.148 e. The molecule has 1 saturated heterocycles. The van der Waals surface area contributed by atoms with Crippen LogP contribution in [-0.2, 0) is 0 Å². The Kier molecular flexibility index (Phi) is 4.78. The van der Waals surface area contributed by atoms with Gasteiger partial charge in [0.1, 0.15) is 5.82 Å². The summed E-state index contributed by atoms with van der Waals surface area (Å²) in [6, 6.07) is 3.95. The van der Waals surface area contributed by atoms with E-state index in [1.54, 1.807) is 0 Å². The highest BCUT2D eigenvalue weighted by Crippen LogP contribution is 2.09. The van der Waals surface area contributed by atoms with E-state index in [4.69, 9.17) is 0 Å². The second-order valence-electron chi connectivity index (χ2n) is 3.80. The Bertz CT molecular complexity index is 282. The van der Waals surface area contributed by atoms with E-state index in [1.807, 2.05) is 19.1 Å². The van der Waals surface area contributed by atoms with Crippen molar-refractivity contribution in [1.82, 2.24) is 15.5 Å². The van der Waals surface area contributed by atoms with Crippen molar-refractivity contribution in [1.29, 1.82) is 0 Å². The summed E-state index contributed by atoms with van der Waals surface area (Å²) < 4.78 is 0. The fourth-order valence-electron chi connectivity index (χ4n) is 1.63. The van der Waals surface area contributed by atoms with Crippen LogP contribution >= 0.6 is 12.4 Å². The van der Waals surface area contributed by atoms with Gasteiger partial charge < -0.3 is 10.6 Å². The molecule has 84 valence electrons. The molecule has 1 aliphatic rings. The Morgan fingerprint density at radius 1 is 1.47 bits per heavy atom. The number of aromatic nitrogens is 2. The van der Waals surface area contributed by atoms with Gasteiger partial charge in [0.05, 0.1) is 5.69 Å². The molecular formula is C10H17ClN4. The van der Waals surface area contributed by atoms with Crippen LogP contribution in [0.4, 0.5) is 5.82 Å². The van der Waals surface area contributed by atoms with Gasteiger partial charge in [0.25, 0.3) is 0 Å². The first-order valence-corrected chi connectivity index (χ1v) is 5.09. The Morgan fingerprint density at radius 3 is 2.93 bits per heavy atom. The van der Waals surface area contributed by atoms with E-state index in [0.717, 1.165) is 37.1 Å². The van der Waals surface area contributed by atoms with Crippen molar-refractivity contribution in [3.8, 4) is 0 Å². The lowest BCUT2D eigenvalue weighted by Crippen LogP contribution is -2.17. The van der Waals surface area contributed by atoms with Gasteiger partial charge in [-0.2, -0.15) is 5.10 Å². The van der Waals surface area contributed by atoms with Gasteiger partial charge in [-0.25, -0.2) is 0 Å². The van der Waals surface area contributed by atoms with Crippen molar-refractivity contribution in [2.24, 2.45) is 5.92 Å². The van der Waals surface area contributed by atoms with Crippen molar-refractivity contribution in [2.45, 2.75) is 13.3 Å². The lowest BCUT2D eigenvalue weighted by atomic mass is 10.1. The normalized spacial score (nSPS) is 19.7. The number of anilines is 1.